The second-order valence-corrected chi connectivity index (χ2v) is 26.7. The summed E-state index contributed by atoms with van der Waals surface area (Å²) in [5, 5.41) is 2.43. The third-order valence-corrected chi connectivity index (χ3v) is 23.7. The van der Waals surface area contributed by atoms with Crippen molar-refractivity contribution in [2.45, 2.75) is 142 Å². The molecule has 0 N–H and O–H groups in total. The van der Waals surface area contributed by atoms with Crippen LogP contribution in [0.15, 0.2) is 54.6 Å². The molecule has 0 bridgehead atoms. The molecule has 256 valence electrons. The predicted molar refractivity (Wildman–Crippen MR) is 217 cm³/mol. The fraction of sp³-hybridized carbons (Fsp3) is 0.511. The molecule has 0 atom stereocenters. The Hall–Kier alpha value is -3.17. The van der Waals surface area contributed by atoms with Gasteiger partial charge in [-0.2, -0.15) is 0 Å². The maximum Gasteiger partial charge on any atom is 0.145 e. The summed E-state index contributed by atoms with van der Waals surface area (Å²) in [7, 11) is -1.77. The zero-order valence-electron chi connectivity index (χ0n) is 32.4. The number of fused-ring (bicyclic) bond motifs is 1. The van der Waals surface area contributed by atoms with Crippen molar-refractivity contribution in [1.29, 1.82) is 0 Å². The van der Waals surface area contributed by atoms with E-state index >= 15 is 0 Å². The van der Waals surface area contributed by atoms with Crippen molar-refractivity contribution >= 4 is 26.9 Å². The Bertz CT molecular complexity index is 1660. The smallest absolute Gasteiger partial charge is 0.145 e. The zero-order chi connectivity index (χ0) is 35.6. The van der Waals surface area contributed by atoms with E-state index in [1.165, 1.54) is 21.9 Å². The first-order chi connectivity index (χ1) is 22.7. The molecule has 1 nitrogen and oxygen atoms in total. The third kappa shape index (κ3) is 8.70. The molecule has 0 amide bonds. The lowest BCUT2D eigenvalue weighted by Crippen LogP contribution is -2.43. The monoisotopic (exact) mass is 674 g/mol. The number of rotatable bonds is 11. The molecule has 3 aromatic rings. The minimum absolute atomic E-state index is 0.638. The second-order valence-electron chi connectivity index (χ2n) is 15.5. The summed E-state index contributed by atoms with van der Waals surface area (Å²) >= 11 is 0. The van der Waals surface area contributed by atoms with Crippen LogP contribution in [0.3, 0.4) is 0 Å². The van der Waals surface area contributed by atoms with Gasteiger partial charge in [-0.3, -0.25) is 0 Å². The summed E-state index contributed by atoms with van der Waals surface area (Å²) < 4.78 is 5.65. The first-order valence-corrected chi connectivity index (χ1v) is 22.9. The molecule has 0 aliphatic carbocycles. The fourth-order valence-electron chi connectivity index (χ4n) is 8.51. The summed E-state index contributed by atoms with van der Waals surface area (Å²) in [5.41, 5.74) is 16.3. The van der Waals surface area contributed by atoms with Gasteiger partial charge in [0, 0.05) is 24.0 Å². The first-order valence-electron chi connectivity index (χ1n) is 18.4. The molecule has 0 spiro atoms. The lowest BCUT2D eigenvalue weighted by molar-refractivity contribution is 0.414. The quantitative estimate of drug-likeness (QED) is 0.145. The van der Waals surface area contributed by atoms with Gasteiger partial charge >= 0.3 is 0 Å². The Balaban J connectivity index is 2.01. The largest absolute Gasteiger partial charge is 0.497 e. The maximum absolute atomic E-state index is 5.65. The van der Waals surface area contributed by atoms with Crippen LogP contribution in [0.1, 0.15) is 118 Å². The van der Waals surface area contributed by atoms with E-state index in [-0.39, 0.29) is 0 Å². The van der Waals surface area contributed by atoms with Gasteiger partial charge in [0.2, 0.25) is 0 Å². The minimum atomic E-state index is -1.75. The van der Waals surface area contributed by atoms with Crippen LogP contribution in [0.4, 0.5) is 0 Å². The topological polar surface area (TPSA) is 9.23 Å². The number of methoxy groups -OCH3 is 1. The molecule has 0 unspecified atom stereocenters. The van der Waals surface area contributed by atoms with Crippen LogP contribution >= 0.6 is 0 Å². The van der Waals surface area contributed by atoms with Gasteiger partial charge in [0.1, 0.15) is 21.9 Å². The molecule has 3 aromatic carbocycles. The molecular weight excluding hydrogens is 613 g/mol. The lowest BCUT2D eigenvalue weighted by atomic mass is 9.95. The molecule has 0 fully saturated rings. The van der Waals surface area contributed by atoms with E-state index in [2.05, 4.69) is 172 Å². The lowest BCUT2D eigenvalue weighted by Gasteiger charge is -2.38. The third-order valence-electron chi connectivity index (χ3n) is 11.0. The van der Waals surface area contributed by atoms with Crippen molar-refractivity contribution in [3.63, 3.8) is 0 Å². The molecule has 0 aliphatic heterocycles. The van der Waals surface area contributed by atoms with E-state index in [1.807, 2.05) is 0 Å². The Kier molecular flexibility index (Phi) is 14.3. The zero-order valence-corrected chi connectivity index (χ0v) is 34.4. The van der Waals surface area contributed by atoms with E-state index in [0.717, 1.165) is 42.6 Å². The van der Waals surface area contributed by atoms with E-state index < -0.39 is 16.1 Å². The predicted octanol–water partition coefficient (Wildman–Crippen LogP) is 12.6. The van der Waals surface area contributed by atoms with Crippen LogP contribution in [-0.4, -0.2) is 23.3 Å². The fourth-order valence-corrected chi connectivity index (χ4v) is 19.1. The van der Waals surface area contributed by atoms with Crippen LogP contribution in [-0.2, 0) is 12.8 Å². The number of ether oxygens (including phenoxy) is 1. The van der Waals surface area contributed by atoms with E-state index in [9.17, 15) is 0 Å². The van der Waals surface area contributed by atoms with Gasteiger partial charge in [0.15, 0.2) is 0 Å². The molecule has 0 heterocycles. The summed E-state index contributed by atoms with van der Waals surface area (Å²) in [6.45, 7) is 28.6. The molecule has 0 radical (unpaired) electrons. The highest BCUT2D eigenvalue weighted by Crippen LogP contribution is 2.42. The van der Waals surface area contributed by atoms with Crippen LogP contribution < -0.4 is 4.74 Å². The molecule has 0 aromatic heterocycles. The van der Waals surface area contributed by atoms with Crippen molar-refractivity contribution in [2.75, 3.05) is 7.11 Å². The molecule has 48 heavy (non-hydrogen) atoms. The summed E-state index contributed by atoms with van der Waals surface area (Å²) in [4.78, 5) is 0. The van der Waals surface area contributed by atoms with Crippen LogP contribution in [0, 0.1) is 34.8 Å². The van der Waals surface area contributed by atoms with Gasteiger partial charge in [0.05, 0.1) is 7.11 Å². The normalized spacial score (nSPS) is 12.0. The minimum Gasteiger partial charge on any atom is -0.497 e. The summed E-state index contributed by atoms with van der Waals surface area (Å²) in [6.07, 6.45) is 3.47. The standard InChI is InChI=1S/C45H62OSi2/c1-33(2)47(34(3)4,35(5)6)30-18-16-20-39-26-28-43(46-13)32-42(39)27-29-45-41(25-24-40-21-14-15-23-44(40)45)22-17-19-31-48(36(7)8,37(9)10)38(11)12/h14-15,21,23-26,28,32-38H,16-17,20,22H2,1-13H3. The first kappa shape index (κ1) is 39.3. The summed E-state index contributed by atoms with van der Waals surface area (Å²) in [5.74, 6) is 15.5. The number of hydrogen-bond donors (Lipinski definition) is 0. The number of benzene rings is 3. The van der Waals surface area contributed by atoms with Gasteiger partial charge in [-0.15, -0.1) is 22.9 Å². The average Bonchev–Trinajstić information content (AvgIpc) is 3.03. The Labute approximate surface area is 297 Å². The van der Waals surface area contributed by atoms with E-state index in [0.29, 0.717) is 33.2 Å². The SMILES string of the molecule is COc1ccc(CCC#C[Si](C(C)C)(C(C)C)C(C)C)c(C#Cc2c(CCC#C[Si](C(C)C)(C(C)C)C(C)C)ccc3ccccc23)c1. The second kappa shape index (κ2) is 17.5. The van der Waals surface area contributed by atoms with Crippen LogP contribution in [0.5, 0.6) is 5.75 Å². The van der Waals surface area contributed by atoms with Gasteiger partial charge in [-0.25, -0.2) is 0 Å². The van der Waals surface area contributed by atoms with Crippen molar-refractivity contribution in [1.82, 2.24) is 0 Å². The van der Waals surface area contributed by atoms with Crippen molar-refractivity contribution in [3.05, 3.63) is 76.9 Å². The number of aryl methyl sites for hydroxylation is 2. The average molecular weight is 675 g/mol. The Morgan fingerprint density at radius 2 is 1.04 bits per heavy atom. The van der Waals surface area contributed by atoms with Gasteiger partial charge in [0.25, 0.3) is 0 Å². The number of hydrogen-bond acceptors (Lipinski definition) is 1. The summed E-state index contributed by atoms with van der Waals surface area (Å²) in [6, 6.07) is 19.4. The van der Waals surface area contributed by atoms with Gasteiger partial charge in [-0.05, 0) is 80.1 Å². The van der Waals surface area contributed by atoms with Crippen molar-refractivity contribution in [3.8, 4) is 40.5 Å². The molecule has 3 rings (SSSR count). The highest BCUT2D eigenvalue weighted by atomic mass is 28.3. The van der Waals surface area contributed by atoms with Crippen molar-refractivity contribution in [2.24, 2.45) is 0 Å². The molecule has 0 aliphatic rings. The van der Waals surface area contributed by atoms with E-state index in [1.54, 1.807) is 7.11 Å². The van der Waals surface area contributed by atoms with E-state index in [4.69, 9.17) is 4.74 Å². The van der Waals surface area contributed by atoms with Gasteiger partial charge in [-0.1, -0.05) is 137 Å². The molecule has 3 heteroatoms. The van der Waals surface area contributed by atoms with Crippen LogP contribution in [0.25, 0.3) is 10.8 Å². The Morgan fingerprint density at radius 3 is 1.54 bits per heavy atom. The highest BCUT2D eigenvalue weighted by Gasteiger charge is 2.42. The maximum atomic E-state index is 5.65. The van der Waals surface area contributed by atoms with Crippen molar-refractivity contribution < 1.29 is 4.74 Å². The molecule has 0 saturated carbocycles. The molecule has 0 saturated heterocycles. The molecular formula is C45H62OSi2. The van der Waals surface area contributed by atoms with Gasteiger partial charge < -0.3 is 4.74 Å². The van der Waals surface area contributed by atoms with Crippen LogP contribution in [0.2, 0.25) is 33.2 Å². The Morgan fingerprint density at radius 1 is 0.562 bits per heavy atom. The highest BCUT2D eigenvalue weighted by molar-refractivity contribution is 6.91.